The summed E-state index contributed by atoms with van der Waals surface area (Å²) in [6, 6.07) is 10.7. The molecule has 1 aliphatic heterocycles. The lowest BCUT2D eigenvalue weighted by atomic mass is 9.99. The minimum atomic E-state index is -3.70. The van der Waals surface area contributed by atoms with Gasteiger partial charge >= 0.3 is 0 Å². The number of hydrogen-bond donors (Lipinski definition) is 1. The van der Waals surface area contributed by atoms with Gasteiger partial charge in [-0.3, -0.25) is 9.78 Å². The van der Waals surface area contributed by atoms with Gasteiger partial charge in [-0.2, -0.15) is 0 Å². The van der Waals surface area contributed by atoms with Crippen LogP contribution >= 0.6 is 0 Å². The SMILES string of the molecule is Cc1c(C(=O)NS(=O)(=O)C[C@H]2CCOC2)cccc1-c1ccccn1. The van der Waals surface area contributed by atoms with Crippen LogP contribution in [0.4, 0.5) is 0 Å². The number of hydrogen-bond acceptors (Lipinski definition) is 5. The van der Waals surface area contributed by atoms with E-state index < -0.39 is 15.9 Å². The molecule has 0 bridgehead atoms. The van der Waals surface area contributed by atoms with Crippen LogP contribution in [0.25, 0.3) is 11.3 Å². The van der Waals surface area contributed by atoms with E-state index in [-0.39, 0.29) is 11.7 Å². The fourth-order valence-electron chi connectivity index (χ4n) is 2.94. The van der Waals surface area contributed by atoms with Gasteiger partial charge in [0.1, 0.15) is 0 Å². The van der Waals surface area contributed by atoms with Crippen LogP contribution in [-0.4, -0.2) is 38.3 Å². The molecule has 132 valence electrons. The third kappa shape index (κ3) is 4.24. The zero-order valence-electron chi connectivity index (χ0n) is 13.9. The van der Waals surface area contributed by atoms with Crippen LogP contribution in [0, 0.1) is 12.8 Å². The number of ether oxygens (including phenoxy) is 1. The molecule has 2 aromatic rings. The number of carbonyl (C=O) groups is 1. The lowest BCUT2D eigenvalue weighted by molar-refractivity contribution is 0.0980. The highest BCUT2D eigenvalue weighted by molar-refractivity contribution is 7.90. The standard InChI is InChI=1S/C18H20N2O4S/c1-13-15(17-7-2-3-9-19-17)5-4-6-16(13)18(21)20-25(22,23)12-14-8-10-24-11-14/h2-7,9,14H,8,10-12H2,1H3,(H,20,21)/t14-/m0/s1. The summed E-state index contributed by atoms with van der Waals surface area (Å²) in [6.45, 7) is 2.78. The Morgan fingerprint density at radius 3 is 2.80 bits per heavy atom. The van der Waals surface area contributed by atoms with Crippen molar-refractivity contribution < 1.29 is 17.9 Å². The Labute approximate surface area is 147 Å². The second-order valence-corrected chi connectivity index (χ2v) is 7.90. The summed E-state index contributed by atoms with van der Waals surface area (Å²) < 4.78 is 31.8. The lowest BCUT2D eigenvalue weighted by Crippen LogP contribution is -2.35. The Morgan fingerprint density at radius 1 is 1.28 bits per heavy atom. The summed E-state index contributed by atoms with van der Waals surface area (Å²) in [4.78, 5) is 16.8. The van der Waals surface area contributed by atoms with Crippen molar-refractivity contribution in [1.29, 1.82) is 0 Å². The lowest BCUT2D eigenvalue weighted by Gasteiger charge is -2.13. The first-order chi connectivity index (χ1) is 12.0. The van der Waals surface area contributed by atoms with Crippen molar-refractivity contribution in [2.24, 2.45) is 5.92 Å². The zero-order chi connectivity index (χ0) is 17.9. The van der Waals surface area contributed by atoms with Gasteiger partial charge in [0, 0.05) is 29.8 Å². The first kappa shape index (κ1) is 17.6. The van der Waals surface area contributed by atoms with E-state index in [0.29, 0.717) is 30.8 Å². The molecule has 0 radical (unpaired) electrons. The smallest absolute Gasteiger partial charge is 0.265 e. The monoisotopic (exact) mass is 360 g/mol. The van der Waals surface area contributed by atoms with Crippen LogP contribution in [0.5, 0.6) is 0 Å². The van der Waals surface area contributed by atoms with Crippen molar-refractivity contribution in [2.75, 3.05) is 19.0 Å². The Hall–Kier alpha value is -2.25. The number of nitrogens with zero attached hydrogens (tertiary/aromatic N) is 1. The predicted octanol–water partition coefficient (Wildman–Crippen LogP) is 2.15. The number of aromatic nitrogens is 1. The maximum atomic E-state index is 12.5. The van der Waals surface area contributed by atoms with E-state index in [0.717, 1.165) is 11.3 Å². The second kappa shape index (κ2) is 7.33. The Morgan fingerprint density at radius 2 is 2.12 bits per heavy atom. The van der Waals surface area contributed by atoms with E-state index in [4.69, 9.17) is 4.74 Å². The molecule has 1 N–H and O–H groups in total. The number of rotatable bonds is 5. The summed E-state index contributed by atoms with van der Waals surface area (Å²) in [7, 11) is -3.70. The summed E-state index contributed by atoms with van der Waals surface area (Å²) in [6.07, 6.45) is 2.37. The second-order valence-electron chi connectivity index (χ2n) is 6.14. The number of nitrogens with one attached hydrogen (secondary N) is 1. The van der Waals surface area contributed by atoms with E-state index in [2.05, 4.69) is 9.71 Å². The Kier molecular flexibility index (Phi) is 5.15. The molecule has 0 saturated carbocycles. The first-order valence-corrected chi connectivity index (χ1v) is 9.75. The van der Waals surface area contributed by atoms with E-state index in [1.54, 1.807) is 25.3 Å². The maximum Gasteiger partial charge on any atom is 0.265 e. The molecule has 2 heterocycles. The van der Waals surface area contributed by atoms with Gasteiger partial charge in [-0.05, 0) is 37.1 Å². The number of pyridine rings is 1. The van der Waals surface area contributed by atoms with Crippen molar-refractivity contribution in [2.45, 2.75) is 13.3 Å². The molecule has 1 aromatic carbocycles. The molecule has 7 heteroatoms. The van der Waals surface area contributed by atoms with Crippen LogP contribution in [0.2, 0.25) is 0 Å². The molecule has 1 amide bonds. The van der Waals surface area contributed by atoms with Crippen molar-refractivity contribution >= 4 is 15.9 Å². The zero-order valence-corrected chi connectivity index (χ0v) is 14.8. The molecule has 0 unspecified atom stereocenters. The van der Waals surface area contributed by atoms with Crippen molar-refractivity contribution in [1.82, 2.24) is 9.71 Å². The molecule has 1 saturated heterocycles. The average molecular weight is 360 g/mol. The van der Waals surface area contributed by atoms with Crippen molar-refractivity contribution in [3.63, 3.8) is 0 Å². The van der Waals surface area contributed by atoms with Crippen LogP contribution in [-0.2, 0) is 14.8 Å². The van der Waals surface area contributed by atoms with Gasteiger partial charge in [-0.1, -0.05) is 18.2 Å². The maximum absolute atomic E-state index is 12.5. The Bertz CT molecular complexity index is 860. The number of benzene rings is 1. The van der Waals surface area contributed by atoms with Crippen molar-refractivity contribution in [3.05, 3.63) is 53.7 Å². The van der Waals surface area contributed by atoms with Gasteiger partial charge < -0.3 is 4.74 Å². The molecular weight excluding hydrogens is 340 g/mol. The van der Waals surface area contributed by atoms with Gasteiger partial charge in [0.25, 0.3) is 5.91 Å². The fraction of sp³-hybridized carbons (Fsp3) is 0.333. The summed E-state index contributed by atoms with van der Waals surface area (Å²) in [5, 5.41) is 0. The van der Waals surface area contributed by atoms with Crippen LogP contribution in [0.15, 0.2) is 42.6 Å². The van der Waals surface area contributed by atoms with Crippen molar-refractivity contribution in [3.8, 4) is 11.3 Å². The normalized spacial score (nSPS) is 17.4. The minimum Gasteiger partial charge on any atom is -0.381 e. The third-order valence-electron chi connectivity index (χ3n) is 4.25. The highest BCUT2D eigenvalue weighted by Crippen LogP contribution is 2.24. The summed E-state index contributed by atoms with van der Waals surface area (Å²) in [5.41, 5.74) is 2.56. The van der Waals surface area contributed by atoms with Crippen LogP contribution in [0.3, 0.4) is 0 Å². The van der Waals surface area contributed by atoms with Gasteiger partial charge in [0.15, 0.2) is 0 Å². The molecule has 1 aromatic heterocycles. The quantitative estimate of drug-likeness (QED) is 0.883. The van der Waals surface area contributed by atoms with E-state index in [1.165, 1.54) is 0 Å². The first-order valence-electron chi connectivity index (χ1n) is 8.10. The highest BCUT2D eigenvalue weighted by Gasteiger charge is 2.25. The Balaban J connectivity index is 1.80. The van der Waals surface area contributed by atoms with Gasteiger partial charge in [0.2, 0.25) is 10.0 Å². The average Bonchev–Trinajstić information content (AvgIpc) is 3.07. The topological polar surface area (TPSA) is 85.4 Å². The molecule has 1 atom stereocenters. The summed E-state index contributed by atoms with van der Waals surface area (Å²) >= 11 is 0. The summed E-state index contributed by atoms with van der Waals surface area (Å²) in [5.74, 6) is -0.780. The van der Waals surface area contributed by atoms with E-state index in [1.807, 2.05) is 24.3 Å². The fourth-order valence-corrected chi connectivity index (χ4v) is 4.30. The highest BCUT2D eigenvalue weighted by atomic mass is 32.2. The molecular formula is C18H20N2O4S. The number of carbonyl (C=O) groups excluding carboxylic acids is 1. The van der Waals surface area contributed by atoms with Crippen LogP contribution < -0.4 is 4.72 Å². The van der Waals surface area contributed by atoms with E-state index in [9.17, 15) is 13.2 Å². The molecule has 0 aliphatic carbocycles. The number of amides is 1. The third-order valence-corrected chi connectivity index (χ3v) is 5.65. The molecule has 1 aliphatic rings. The molecule has 1 fully saturated rings. The molecule has 6 nitrogen and oxygen atoms in total. The number of sulfonamides is 1. The molecule has 25 heavy (non-hydrogen) atoms. The molecule has 3 rings (SSSR count). The van der Waals surface area contributed by atoms with Gasteiger partial charge in [0.05, 0.1) is 18.1 Å². The largest absolute Gasteiger partial charge is 0.381 e. The van der Waals surface area contributed by atoms with E-state index >= 15 is 0 Å². The minimum absolute atomic E-state index is 0.0637. The van der Waals surface area contributed by atoms with Crippen LogP contribution in [0.1, 0.15) is 22.3 Å². The van der Waals surface area contributed by atoms with Gasteiger partial charge in [-0.15, -0.1) is 0 Å². The van der Waals surface area contributed by atoms with Gasteiger partial charge in [-0.25, -0.2) is 13.1 Å². The predicted molar refractivity (Wildman–Crippen MR) is 94.6 cm³/mol. The molecule has 0 spiro atoms.